The van der Waals surface area contributed by atoms with Crippen LogP contribution in [0.2, 0.25) is 0 Å². The molecule has 0 aliphatic rings. The summed E-state index contributed by atoms with van der Waals surface area (Å²) in [4.78, 5) is 0. The second kappa shape index (κ2) is 4.27. The van der Waals surface area contributed by atoms with Crippen LogP contribution < -0.4 is 5.32 Å². The topological polar surface area (TPSA) is 12.0 Å². The Balaban J connectivity index is 2.69. The third kappa shape index (κ3) is 2.35. The highest BCUT2D eigenvalue weighted by Crippen LogP contribution is 2.08. The van der Waals surface area contributed by atoms with Gasteiger partial charge in [-0.05, 0) is 38.4 Å². The van der Waals surface area contributed by atoms with Gasteiger partial charge in [-0.25, -0.2) is 0 Å². The predicted octanol–water partition coefficient (Wildman–Crippen LogP) is 2.15. The molecular weight excluding hydrogens is 146 g/mol. The van der Waals surface area contributed by atoms with E-state index >= 15 is 0 Å². The molecule has 0 spiro atoms. The maximum atomic E-state index is 3.24. The lowest BCUT2D eigenvalue weighted by molar-refractivity contribution is 0.607. The van der Waals surface area contributed by atoms with E-state index in [1.54, 1.807) is 0 Å². The summed E-state index contributed by atoms with van der Waals surface area (Å²) < 4.78 is 0. The van der Waals surface area contributed by atoms with Crippen molar-refractivity contribution in [2.24, 2.45) is 0 Å². The molecule has 1 rings (SSSR count). The molecule has 0 heterocycles. The quantitative estimate of drug-likeness (QED) is 0.720. The molecule has 0 unspecified atom stereocenters. The molecule has 0 aliphatic heterocycles. The van der Waals surface area contributed by atoms with E-state index in [4.69, 9.17) is 0 Å². The summed E-state index contributed by atoms with van der Waals surface area (Å²) in [6, 6.07) is 9.11. The highest BCUT2D eigenvalue weighted by Gasteiger charge is 2.01. The number of likely N-dealkylation sites (N-methyl/N-ethyl adjacent to an activating group) is 1. The van der Waals surface area contributed by atoms with Crippen molar-refractivity contribution in [1.82, 2.24) is 5.32 Å². The molecule has 0 aromatic heterocycles. The third-order valence-electron chi connectivity index (χ3n) is 2.28. The molecule has 1 aromatic rings. The SMILES string of the molecule is CN[C@@H](C)Cc1ccccc1C. The summed E-state index contributed by atoms with van der Waals surface area (Å²) in [6.45, 7) is 4.37. The van der Waals surface area contributed by atoms with E-state index in [2.05, 4.69) is 43.4 Å². The molecule has 1 heteroatoms. The van der Waals surface area contributed by atoms with Crippen molar-refractivity contribution in [2.75, 3.05) is 7.05 Å². The van der Waals surface area contributed by atoms with E-state index in [0.717, 1.165) is 6.42 Å². The molecule has 1 aromatic carbocycles. The van der Waals surface area contributed by atoms with E-state index in [1.807, 2.05) is 7.05 Å². The maximum absolute atomic E-state index is 3.24. The molecule has 0 bridgehead atoms. The minimum absolute atomic E-state index is 0.561. The van der Waals surface area contributed by atoms with E-state index in [-0.39, 0.29) is 0 Å². The lowest BCUT2D eigenvalue weighted by Gasteiger charge is -2.11. The fourth-order valence-electron chi connectivity index (χ4n) is 1.27. The lowest BCUT2D eigenvalue weighted by atomic mass is 10.0. The molecule has 1 atom stereocenters. The van der Waals surface area contributed by atoms with Crippen LogP contribution in [0.1, 0.15) is 18.1 Å². The minimum Gasteiger partial charge on any atom is -0.317 e. The zero-order chi connectivity index (χ0) is 8.97. The molecule has 0 saturated carbocycles. The molecule has 1 nitrogen and oxygen atoms in total. The van der Waals surface area contributed by atoms with Crippen molar-refractivity contribution < 1.29 is 0 Å². The Bertz CT molecular complexity index is 243. The number of hydrogen-bond acceptors (Lipinski definition) is 1. The smallest absolute Gasteiger partial charge is 0.00762 e. The van der Waals surface area contributed by atoms with Gasteiger partial charge in [0.1, 0.15) is 0 Å². The Morgan fingerprint density at radius 3 is 2.58 bits per heavy atom. The summed E-state index contributed by atoms with van der Waals surface area (Å²) in [5.41, 5.74) is 2.83. The van der Waals surface area contributed by atoms with Gasteiger partial charge in [0, 0.05) is 6.04 Å². The second-order valence-electron chi connectivity index (χ2n) is 3.32. The largest absolute Gasteiger partial charge is 0.317 e. The van der Waals surface area contributed by atoms with Crippen LogP contribution in [-0.4, -0.2) is 13.1 Å². The van der Waals surface area contributed by atoms with Crippen molar-refractivity contribution >= 4 is 0 Å². The molecule has 0 fully saturated rings. The van der Waals surface area contributed by atoms with Crippen LogP contribution in [0.15, 0.2) is 24.3 Å². The van der Waals surface area contributed by atoms with Gasteiger partial charge in [0.25, 0.3) is 0 Å². The normalized spacial score (nSPS) is 12.9. The first-order chi connectivity index (χ1) is 5.74. The number of aryl methyl sites for hydroxylation is 1. The first-order valence-corrected chi connectivity index (χ1v) is 4.46. The fraction of sp³-hybridized carbons (Fsp3) is 0.455. The molecule has 0 aliphatic carbocycles. The van der Waals surface area contributed by atoms with Gasteiger partial charge in [-0.1, -0.05) is 24.3 Å². The van der Waals surface area contributed by atoms with Crippen molar-refractivity contribution in [3.63, 3.8) is 0 Å². The van der Waals surface area contributed by atoms with Crippen LogP contribution >= 0.6 is 0 Å². The average Bonchev–Trinajstić information content (AvgIpc) is 2.09. The fourth-order valence-corrected chi connectivity index (χ4v) is 1.27. The van der Waals surface area contributed by atoms with Gasteiger partial charge in [0.2, 0.25) is 0 Å². The first-order valence-electron chi connectivity index (χ1n) is 4.46. The third-order valence-corrected chi connectivity index (χ3v) is 2.28. The summed E-state index contributed by atoms with van der Waals surface area (Å²) >= 11 is 0. The molecule has 1 N–H and O–H groups in total. The predicted molar refractivity (Wildman–Crippen MR) is 53.4 cm³/mol. The number of benzene rings is 1. The Morgan fingerprint density at radius 1 is 1.33 bits per heavy atom. The van der Waals surface area contributed by atoms with Crippen LogP contribution in [0.3, 0.4) is 0 Å². The molecule has 0 saturated heterocycles. The van der Waals surface area contributed by atoms with Crippen LogP contribution in [0.25, 0.3) is 0 Å². The second-order valence-corrected chi connectivity index (χ2v) is 3.32. The van der Waals surface area contributed by atoms with E-state index < -0.39 is 0 Å². The van der Waals surface area contributed by atoms with E-state index in [1.165, 1.54) is 11.1 Å². The lowest BCUT2D eigenvalue weighted by Crippen LogP contribution is -2.23. The van der Waals surface area contributed by atoms with Gasteiger partial charge in [-0.2, -0.15) is 0 Å². The van der Waals surface area contributed by atoms with Gasteiger partial charge in [0.05, 0.1) is 0 Å². The van der Waals surface area contributed by atoms with Crippen LogP contribution in [0.5, 0.6) is 0 Å². The Hall–Kier alpha value is -0.820. The summed E-state index contributed by atoms with van der Waals surface area (Å²) in [5.74, 6) is 0. The molecule has 0 radical (unpaired) electrons. The van der Waals surface area contributed by atoms with Gasteiger partial charge in [-0.15, -0.1) is 0 Å². The molecular formula is C11H17N. The highest BCUT2D eigenvalue weighted by atomic mass is 14.8. The van der Waals surface area contributed by atoms with Crippen molar-refractivity contribution in [2.45, 2.75) is 26.3 Å². The monoisotopic (exact) mass is 163 g/mol. The van der Waals surface area contributed by atoms with Crippen molar-refractivity contribution in [3.8, 4) is 0 Å². The summed E-state index contributed by atoms with van der Waals surface area (Å²) in [5, 5.41) is 3.24. The number of rotatable bonds is 3. The summed E-state index contributed by atoms with van der Waals surface area (Å²) in [6.07, 6.45) is 1.11. The van der Waals surface area contributed by atoms with Gasteiger partial charge >= 0.3 is 0 Å². The standard InChI is InChI=1S/C11H17N/c1-9-6-4-5-7-11(9)8-10(2)12-3/h4-7,10,12H,8H2,1-3H3/t10-/m0/s1. The Labute approximate surface area is 74.8 Å². The number of nitrogens with one attached hydrogen (secondary N) is 1. The molecule has 0 amide bonds. The molecule has 66 valence electrons. The Morgan fingerprint density at radius 2 is 2.00 bits per heavy atom. The zero-order valence-electron chi connectivity index (χ0n) is 8.09. The summed E-state index contributed by atoms with van der Waals surface area (Å²) in [7, 11) is 2.00. The van der Waals surface area contributed by atoms with Crippen LogP contribution in [0.4, 0.5) is 0 Å². The van der Waals surface area contributed by atoms with Crippen molar-refractivity contribution in [3.05, 3.63) is 35.4 Å². The van der Waals surface area contributed by atoms with Crippen LogP contribution in [0, 0.1) is 6.92 Å². The van der Waals surface area contributed by atoms with E-state index in [9.17, 15) is 0 Å². The van der Waals surface area contributed by atoms with E-state index in [0.29, 0.717) is 6.04 Å². The Kier molecular flexibility index (Phi) is 3.30. The van der Waals surface area contributed by atoms with Crippen molar-refractivity contribution in [1.29, 1.82) is 0 Å². The highest BCUT2D eigenvalue weighted by molar-refractivity contribution is 5.26. The number of hydrogen-bond donors (Lipinski definition) is 1. The zero-order valence-corrected chi connectivity index (χ0v) is 8.09. The maximum Gasteiger partial charge on any atom is 0.00762 e. The average molecular weight is 163 g/mol. The minimum atomic E-state index is 0.561. The van der Waals surface area contributed by atoms with Gasteiger partial charge in [-0.3, -0.25) is 0 Å². The first kappa shape index (κ1) is 9.27. The van der Waals surface area contributed by atoms with Crippen LogP contribution in [-0.2, 0) is 6.42 Å². The van der Waals surface area contributed by atoms with Gasteiger partial charge in [0.15, 0.2) is 0 Å². The molecule has 12 heavy (non-hydrogen) atoms. The van der Waals surface area contributed by atoms with Gasteiger partial charge < -0.3 is 5.32 Å².